The molecule has 0 aliphatic heterocycles. The fraction of sp³-hybridized carbons (Fsp3) is 0.286. The second kappa shape index (κ2) is 5.84. The van der Waals surface area contributed by atoms with Crippen molar-refractivity contribution in [1.29, 1.82) is 0 Å². The van der Waals surface area contributed by atoms with Crippen molar-refractivity contribution in [3.05, 3.63) is 52.2 Å². The predicted octanol–water partition coefficient (Wildman–Crippen LogP) is 3.10. The molecule has 2 nitrogen and oxygen atoms in total. The van der Waals surface area contributed by atoms with Gasteiger partial charge in [-0.25, -0.2) is 0 Å². The van der Waals surface area contributed by atoms with Crippen LogP contribution in [0, 0.1) is 0 Å². The van der Waals surface area contributed by atoms with Gasteiger partial charge in [-0.3, -0.25) is 0 Å². The minimum atomic E-state index is 0.925. The molecule has 1 heterocycles. The van der Waals surface area contributed by atoms with Gasteiger partial charge in [-0.15, -0.1) is 0 Å². The van der Waals surface area contributed by atoms with E-state index in [1.807, 2.05) is 7.05 Å². The molecule has 17 heavy (non-hydrogen) atoms. The van der Waals surface area contributed by atoms with Crippen molar-refractivity contribution in [2.45, 2.75) is 13.1 Å². The highest BCUT2D eigenvalue weighted by Crippen LogP contribution is 2.17. The number of nitrogens with zero attached hydrogens (tertiary/aromatic N) is 1. The molecule has 90 valence electrons. The van der Waals surface area contributed by atoms with E-state index >= 15 is 0 Å². The topological polar surface area (TPSA) is 15.3 Å². The average molecular weight is 246 g/mol. The molecule has 0 spiro atoms. The molecular weight excluding hydrogens is 228 g/mol. The fourth-order valence-electron chi connectivity index (χ4n) is 1.82. The summed E-state index contributed by atoms with van der Waals surface area (Å²) < 4.78 is 0. The first-order valence-electron chi connectivity index (χ1n) is 5.75. The molecule has 3 heteroatoms. The molecule has 0 saturated heterocycles. The first kappa shape index (κ1) is 12.1. The van der Waals surface area contributed by atoms with Gasteiger partial charge in [0.2, 0.25) is 0 Å². The van der Waals surface area contributed by atoms with Gasteiger partial charge >= 0.3 is 0 Å². The van der Waals surface area contributed by atoms with Crippen LogP contribution < -0.4 is 10.2 Å². The molecule has 0 unspecified atom stereocenters. The number of benzene rings is 1. The van der Waals surface area contributed by atoms with Gasteiger partial charge in [-0.1, -0.05) is 12.1 Å². The lowest BCUT2D eigenvalue weighted by Gasteiger charge is -2.19. The highest BCUT2D eigenvalue weighted by atomic mass is 32.1. The van der Waals surface area contributed by atoms with Crippen molar-refractivity contribution in [2.75, 3.05) is 19.0 Å². The van der Waals surface area contributed by atoms with E-state index in [1.165, 1.54) is 16.8 Å². The molecule has 0 fully saturated rings. The lowest BCUT2D eigenvalue weighted by Crippen LogP contribution is -2.15. The van der Waals surface area contributed by atoms with E-state index in [4.69, 9.17) is 0 Å². The van der Waals surface area contributed by atoms with Crippen molar-refractivity contribution in [3.63, 3.8) is 0 Å². The molecule has 1 N–H and O–H groups in total. The fourth-order valence-corrected chi connectivity index (χ4v) is 2.48. The molecule has 0 aliphatic rings. The van der Waals surface area contributed by atoms with Crippen LogP contribution in [-0.4, -0.2) is 14.1 Å². The summed E-state index contributed by atoms with van der Waals surface area (Å²) in [5.74, 6) is 0. The SMILES string of the molecule is CNCc1ccc(N(C)Cc2ccsc2)cc1. The van der Waals surface area contributed by atoms with Crippen LogP contribution >= 0.6 is 11.3 Å². The minimum absolute atomic E-state index is 0.925. The van der Waals surface area contributed by atoms with E-state index in [0.29, 0.717) is 0 Å². The molecule has 0 aliphatic carbocycles. The Morgan fingerprint density at radius 2 is 1.88 bits per heavy atom. The van der Waals surface area contributed by atoms with Crippen LogP contribution in [0.15, 0.2) is 41.1 Å². The maximum absolute atomic E-state index is 3.16. The van der Waals surface area contributed by atoms with Crippen molar-refractivity contribution in [1.82, 2.24) is 5.32 Å². The molecule has 1 aromatic carbocycles. The van der Waals surface area contributed by atoms with E-state index < -0.39 is 0 Å². The zero-order valence-electron chi connectivity index (χ0n) is 10.3. The Morgan fingerprint density at radius 1 is 1.12 bits per heavy atom. The molecule has 0 amide bonds. The number of nitrogens with one attached hydrogen (secondary N) is 1. The Hall–Kier alpha value is -1.32. The number of hydrogen-bond acceptors (Lipinski definition) is 3. The Bertz CT molecular complexity index is 434. The Balaban J connectivity index is 2.01. The third-order valence-corrected chi connectivity index (χ3v) is 3.49. The van der Waals surface area contributed by atoms with Crippen molar-refractivity contribution in [2.24, 2.45) is 0 Å². The van der Waals surface area contributed by atoms with Crippen LogP contribution in [0.1, 0.15) is 11.1 Å². The number of rotatable bonds is 5. The first-order chi connectivity index (χ1) is 8.29. The summed E-state index contributed by atoms with van der Waals surface area (Å²) in [5, 5.41) is 7.48. The van der Waals surface area contributed by atoms with Crippen molar-refractivity contribution in [3.8, 4) is 0 Å². The van der Waals surface area contributed by atoms with Crippen LogP contribution in [0.4, 0.5) is 5.69 Å². The summed E-state index contributed by atoms with van der Waals surface area (Å²) in [5.41, 5.74) is 3.95. The Labute approximate surface area is 107 Å². The van der Waals surface area contributed by atoms with Crippen LogP contribution in [0.2, 0.25) is 0 Å². The summed E-state index contributed by atoms with van der Waals surface area (Å²) in [7, 11) is 4.10. The van der Waals surface area contributed by atoms with Crippen molar-refractivity contribution < 1.29 is 0 Å². The number of hydrogen-bond donors (Lipinski definition) is 1. The normalized spacial score (nSPS) is 10.5. The zero-order chi connectivity index (χ0) is 12.1. The van der Waals surface area contributed by atoms with Gasteiger partial charge < -0.3 is 10.2 Å². The van der Waals surface area contributed by atoms with Gasteiger partial charge in [0.05, 0.1) is 0 Å². The molecule has 0 atom stereocenters. The van der Waals surface area contributed by atoms with Gasteiger partial charge in [0, 0.05) is 25.8 Å². The van der Waals surface area contributed by atoms with E-state index in [2.05, 4.69) is 58.4 Å². The molecular formula is C14H18N2S. The first-order valence-corrected chi connectivity index (χ1v) is 6.69. The third-order valence-electron chi connectivity index (χ3n) is 2.76. The highest BCUT2D eigenvalue weighted by Gasteiger charge is 2.02. The van der Waals surface area contributed by atoms with Crippen LogP contribution in [0.3, 0.4) is 0 Å². The van der Waals surface area contributed by atoms with E-state index in [-0.39, 0.29) is 0 Å². The lowest BCUT2D eigenvalue weighted by molar-refractivity contribution is 0.817. The molecule has 1 aromatic heterocycles. The summed E-state index contributed by atoms with van der Waals surface area (Å²) in [4.78, 5) is 2.27. The maximum atomic E-state index is 3.16. The molecule has 2 rings (SSSR count). The molecule has 0 saturated carbocycles. The number of anilines is 1. The van der Waals surface area contributed by atoms with Gasteiger partial charge in [-0.05, 0) is 47.1 Å². The largest absolute Gasteiger partial charge is 0.370 e. The van der Waals surface area contributed by atoms with Crippen molar-refractivity contribution >= 4 is 17.0 Å². The smallest absolute Gasteiger partial charge is 0.0434 e. The minimum Gasteiger partial charge on any atom is -0.370 e. The quantitative estimate of drug-likeness (QED) is 0.872. The molecule has 0 bridgehead atoms. The zero-order valence-corrected chi connectivity index (χ0v) is 11.1. The standard InChI is InChI=1S/C14H18N2S/c1-15-9-12-3-5-14(6-4-12)16(2)10-13-7-8-17-11-13/h3-8,11,15H,9-10H2,1-2H3. The average Bonchev–Trinajstić information content (AvgIpc) is 2.83. The monoisotopic (exact) mass is 246 g/mol. The maximum Gasteiger partial charge on any atom is 0.0434 e. The molecule has 0 radical (unpaired) electrons. The predicted molar refractivity (Wildman–Crippen MR) is 75.6 cm³/mol. The van der Waals surface area contributed by atoms with Crippen LogP contribution in [-0.2, 0) is 13.1 Å². The summed E-state index contributed by atoms with van der Waals surface area (Å²) in [6, 6.07) is 10.9. The second-order valence-electron chi connectivity index (χ2n) is 4.18. The van der Waals surface area contributed by atoms with Gasteiger partial charge in [-0.2, -0.15) is 11.3 Å². The second-order valence-corrected chi connectivity index (χ2v) is 4.96. The van der Waals surface area contributed by atoms with Gasteiger partial charge in [0.1, 0.15) is 0 Å². The summed E-state index contributed by atoms with van der Waals surface area (Å²) >= 11 is 1.75. The summed E-state index contributed by atoms with van der Waals surface area (Å²) in [6.07, 6.45) is 0. The Morgan fingerprint density at radius 3 is 2.47 bits per heavy atom. The van der Waals surface area contributed by atoms with E-state index in [1.54, 1.807) is 11.3 Å². The molecule has 2 aromatic rings. The number of thiophene rings is 1. The van der Waals surface area contributed by atoms with Gasteiger partial charge in [0.25, 0.3) is 0 Å². The summed E-state index contributed by atoms with van der Waals surface area (Å²) in [6.45, 7) is 1.89. The third kappa shape index (κ3) is 3.32. The van der Waals surface area contributed by atoms with Gasteiger partial charge in [0.15, 0.2) is 0 Å². The lowest BCUT2D eigenvalue weighted by atomic mass is 10.2. The van der Waals surface area contributed by atoms with E-state index in [9.17, 15) is 0 Å². The van der Waals surface area contributed by atoms with Crippen LogP contribution in [0.25, 0.3) is 0 Å². The Kier molecular flexibility index (Phi) is 4.18. The van der Waals surface area contributed by atoms with Crippen LogP contribution in [0.5, 0.6) is 0 Å². The van der Waals surface area contributed by atoms with E-state index in [0.717, 1.165) is 13.1 Å². The highest BCUT2D eigenvalue weighted by molar-refractivity contribution is 7.07.